The maximum Gasteiger partial charge on any atom is 0.0576 e. The Morgan fingerprint density at radius 3 is 2.45 bits per heavy atom. The van der Waals surface area contributed by atoms with Gasteiger partial charge in [0.05, 0.1) is 19.8 Å². The molecule has 0 bridgehead atoms. The molecule has 0 aromatic rings. The lowest BCUT2D eigenvalue weighted by atomic mass is 9.84. The molecule has 0 N–H and O–H groups in total. The Hall–Kier alpha value is 0.270. The van der Waals surface area contributed by atoms with E-state index in [1.807, 2.05) is 6.92 Å². The predicted octanol–water partition coefficient (Wildman–Crippen LogP) is -0.623. The van der Waals surface area contributed by atoms with E-state index in [4.69, 9.17) is 4.74 Å². The van der Waals surface area contributed by atoms with E-state index < -0.39 is 8.60 Å². The van der Waals surface area contributed by atoms with Gasteiger partial charge >= 0.3 is 0 Å². The van der Waals surface area contributed by atoms with E-state index in [0.717, 1.165) is 6.42 Å². The SMILES string of the molecule is CCC1(COP([O-])[O-])COC1. The molecule has 0 radical (unpaired) electrons. The molecule has 0 aromatic heterocycles. The van der Waals surface area contributed by atoms with Gasteiger partial charge in [-0.05, 0) is 6.42 Å². The van der Waals surface area contributed by atoms with Crippen molar-refractivity contribution < 1.29 is 19.0 Å². The molecule has 5 heteroatoms. The first kappa shape index (κ1) is 9.36. The van der Waals surface area contributed by atoms with Gasteiger partial charge in [-0.3, -0.25) is 0 Å². The molecule has 1 fully saturated rings. The van der Waals surface area contributed by atoms with Gasteiger partial charge in [0.25, 0.3) is 0 Å². The molecule has 66 valence electrons. The van der Waals surface area contributed by atoms with Gasteiger partial charge in [0.15, 0.2) is 0 Å². The molecule has 1 rings (SSSR count). The first-order valence-corrected chi connectivity index (χ1v) is 4.63. The highest BCUT2D eigenvalue weighted by Gasteiger charge is 2.36. The van der Waals surface area contributed by atoms with Crippen LogP contribution in [-0.2, 0) is 9.26 Å². The smallest absolute Gasteiger partial charge is 0.0576 e. The van der Waals surface area contributed by atoms with Crippen LogP contribution in [0.3, 0.4) is 0 Å². The van der Waals surface area contributed by atoms with Crippen molar-refractivity contribution in [2.75, 3.05) is 19.8 Å². The minimum atomic E-state index is -2.70. The van der Waals surface area contributed by atoms with Crippen molar-refractivity contribution in [3.05, 3.63) is 0 Å². The van der Waals surface area contributed by atoms with Crippen LogP contribution in [0.25, 0.3) is 0 Å². The highest BCUT2D eigenvalue weighted by atomic mass is 31.2. The molecular formula is C6H11O4P-2. The van der Waals surface area contributed by atoms with E-state index in [1.165, 1.54) is 0 Å². The fourth-order valence-corrected chi connectivity index (χ4v) is 1.35. The Morgan fingerprint density at radius 2 is 2.18 bits per heavy atom. The third-order valence-electron chi connectivity index (χ3n) is 2.04. The zero-order valence-electron chi connectivity index (χ0n) is 6.41. The number of hydrogen-bond acceptors (Lipinski definition) is 4. The summed E-state index contributed by atoms with van der Waals surface area (Å²) in [6, 6.07) is 0. The molecule has 0 saturated carbocycles. The molecule has 0 aromatic carbocycles. The second-order valence-electron chi connectivity index (χ2n) is 2.84. The maximum absolute atomic E-state index is 10.1. The molecule has 0 atom stereocenters. The number of rotatable bonds is 4. The summed E-state index contributed by atoms with van der Waals surface area (Å²) >= 11 is 0. The monoisotopic (exact) mass is 178 g/mol. The number of ether oxygens (including phenoxy) is 1. The molecule has 0 spiro atoms. The summed E-state index contributed by atoms with van der Waals surface area (Å²) < 4.78 is 9.50. The van der Waals surface area contributed by atoms with E-state index in [9.17, 15) is 9.79 Å². The van der Waals surface area contributed by atoms with Crippen LogP contribution in [0.15, 0.2) is 0 Å². The van der Waals surface area contributed by atoms with Gasteiger partial charge in [0.2, 0.25) is 0 Å². The topological polar surface area (TPSA) is 64.6 Å². The molecule has 1 aliphatic rings. The van der Waals surface area contributed by atoms with Crippen molar-refractivity contribution in [2.24, 2.45) is 5.41 Å². The van der Waals surface area contributed by atoms with Crippen molar-refractivity contribution in [1.29, 1.82) is 0 Å². The Bertz CT molecular complexity index is 118. The minimum Gasteiger partial charge on any atom is -0.820 e. The molecular weight excluding hydrogens is 167 g/mol. The first-order chi connectivity index (χ1) is 5.18. The third-order valence-corrected chi connectivity index (χ3v) is 2.38. The van der Waals surface area contributed by atoms with Gasteiger partial charge in [-0.1, -0.05) is 6.92 Å². The van der Waals surface area contributed by atoms with Gasteiger partial charge in [-0.2, -0.15) is 8.60 Å². The Labute approximate surface area is 67.1 Å². The van der Waals surface area contributed by atoms with Crippen LogP contribution >= 0.6 is 8.60 Å². The van der Waals surface area contributed by atoms with Crippen LogP contribution < -0.4 is 9.79 Å². The lowest BCUT2D eigenvalue weighted by Crippen LogP contribution is -2.45. The molecule has 11 heavy (non-hydrogen) atoms. The largest absolute Gasteiger partial charge is 0.820 e. The van der Waals surface area contributed by atoms with Crippen molar-refractivity contribution in [2.45, 2.75) is 13.3 Å². The van der Waals surface area contributed by atoms with Crippen LogP contribution in [0.5, 0.6) is 0 Å². The zero-order valence-corrected chi connectivity index (χ0v) is 7.30. The van der Waals surface area contributed by atoms with Crippen LogP contribution in [0.2, 0.25) is 0 Å². The third kappa shape index (κ3) is 2.36. The average Bonchev–Trinajstić information content (AvgIpc) is 1.86. The van der Waals surface area contributed by atoms with Crippen LogP contribution in [0, 0.1) is 5.41 Å². The lowest BCUT2D eigenvalue weighted by molar-refractivity contribution is -0.322. The highest BCUT2D eigenvalue weighted by Crippen LogP contribution is 2.33. The molecule has 4 nitrogen and oxygen atoms in total. The molecule has 0 aliphatic carbocycles. The minimum absolute atomic E-state index is 0.0323. The summed E-state index contributed by atoms with van der Waals surface area (Å²) in [5, 5.41) is 0. The summed E-state index contributed by atoms with van der Waals surface area (Å²) in [5.41, 5.74) is -0.0323. The Balaban J connectivity index is 2.22. The quantitative estimate of drug-likeness (QED) is 0.538. The van der Waals surface area contributed by atoms with Gasteiger partial charge in [0, 0.05) is 5.41 Å². The Morgan fingerprint density at radius 1 is 1.55 bits per heavy atom. The molecule has 0 unspecified atom stereocenters. The highest BCUT2D eigenvalue weighted by molar-refractivity contribution is 7.36. The lowest BCUT2D eigenvalue weighted by Gasteiger charge is -2.43. The van der Waals surface area contributed by atoms with Crippen molar-refractivity contribution in [1.82, 2.24) is 0 Å². The second kappa shape index (κ2) is 3.78. The molecule has 1 saturated heterocycles. The van der Waals surface area contributed by atoms with Crippen molar-refractivity contribution >= 4 is 8.60 Å². The van der Waals surface area contributed by atoms with Crippen LogP contribution in [0.4, 0.5) is 0 Å². The van der Waals surface area contributed by atoms with Crippen LogP contribution in [-0.4, -0.2) is 19.8 Å². The molecule has 1 heterocycles. The summed E-state index contributed by atoms with van der Waals surface area (Å²) in [4.78, 5) is 20.2. The molecule has 0 amide bonds. The maximum atomic E-state index is 10.1. The zero-order chi connectivity index (χ0) is 8.32. The van der Waals surface area contributed by atoms with Crippen molar-refractivity contribution in [3.8, 4) is 0 Å². The normalized spacial score (nSPS) is 21.8. The van der Waals surface area contributed by atoms with E-state index in [1.54, 1.807) is 0 Å². The first-order valence-electron chi connectivity index (χ1n) is 3.54. The van der Waals surface area contributed by atoms with E-state index in [0.29, 0.717) is 13.2 Å². The Kier molecular flexibility index (Phi) is 3.22. The average molecular weight is 178 g/mol. The standard InChI is InChI=1S/C6H11O4P/c1-2-6(3-9-4-6)5-10-11(7)8/h2-5H2,1H3/q-2. The van der Waals surface area contributed by atoms with E-state index >= 15 is 0 Å². The summed E-state index contributed by atoms with van der Waals surface area (Å²) in [7, 11) is -2.70. The fraction of sp³-hybridized carbons (Fsp3) is 1.00. The van der Waals surface area contributed by atoms with Gasteiger partial charge < -0.3 is 19.0 Å². The summed E-state index contributed by atoms with van der Waals surface area (Å²) in [6.45, 7) is 3.51. The molecule has 1 aliphatic heterocycles. The summed E-state index contributed by atoms with van der Waals surface area (Å²) in [6.07, 6.45) is 0.899. The summed E-state index contributed by atoms with van der Waals surface area (Å²) in [5.74, 6) is 0. The van der Waals surface area contributed by atoms with Gasteiger partial charge in [-0.15, -0.1) is 0 Å². The predicted molar refractivity (Wildman–Crippen MR) is 36.4 cm³/mol. The van der Waals surface area contributed by atoms with Crippen LogP contribution in [0.1, 0.15) is 13.3 Å². The van der Waals surface area contributed by atoms with Crippen molar-refractivity contribution in [3.63, 3.8) is 0 Å². The fourth-order valence-electron chi connectivity index (χ4n) is 0.970. The second-order valence-corrected chi connectivity index (χ2v) is 3.55. The van der Waals surface area contributed by atoms with Gasteiger partial charge in [-0.25, -0.2) is 0 Å². The van der Waals surface area contributed by atoms with E-state index in [2.05, 4.69) is 4.52 Å². The number of hydrogen-bond donors (Lipinski definition) is 0. The van der Waals surface area contributed by atoms with E-state index in [-0.39, 0.29) is 12.0 Å². The van der Waals surface area contributed by atoms with Gasteiger partial charge in [0.1, 0.15) is 0 Å².